The number of hydrogen-bond donors (Lipinski definition) is 3. The summed E-state index contributed by atoms with van der Waals surface area (Å²) in [5.41, 5.74) is 8.42. The molecule has 0 saturated heterocycles. The van der Waals surface area contributed by atoms with Crippen LogP contribution in [-0.2, 0) is 17.8 Å². The number of carboxylic acid groups (broad SMARTS) is 1. The number of ether oxygens (including phenoxy) is 2. The van der Waals surface area contributed by atoms with E-state index in [1.807, 2.05) is 42.5 Å². The van der Waals surface area contributed by atoms with Gasteiger partial charge in [0, 0.05) is 12.0 Å². The fraction of sp³-hybridized carbons (Fsp3) is 0.143. The van der Waals surface area contributed by atoms with Crippen LogP contribution in [0, 0.1) is 0 Å². The molecule has 0 aliphatic heterocycles. The zero-order valence-electron chi connectivity index (χ0n) is 19.2. The third-order valence-electron chi connectivity index (χ3n) is 5.69. The number of hydrogen-bond acceptors (Lipinski definition) is 5. The number of nitrogen functional groups attached to an aromatic ring is 1. The molecule has 35 heavy (non-hydrogen) atoms. The highest BCUT2D eigenvalue weighted by atomic mass is 16.5. The Hall–Kier alpha value is -4.52. The molecule has 1 atom stereocenters. The van der Waals surface area contributed by atoms with Gasteiger partial charge in [0.15, 0.2) is 0 Å². The van der Waals surface area contributed by atoms with Gasteiger partial charge in [-0.15, -0.1) is 0 Å². The van der Waals surface area contributed by atoms with Crippen molar-refractivity contribution in [1.82, 2.24) is 5.32 Å². The summed E-state index contributed by atoms with van der Waals surface area (Å²) in [5, 5.41) is 14.5. The summed E-state index contributed by atoms with van der Waals surface area (Å²) in [7, 11) is 1.56. The Morgan fingerprint density at radius 1 is 0.914 bits per heavy atom. The largest absolute Gasteiger partial charge is 0.497 e. The minimum atomic E-state index is -1.13. The average molecular weight is 471 g/mol. The maximum Gasteiger partial charge on any atom is 0.326 e. The number of amides is 1. The Morgan fingerprint density at radius 3 is 2.34 bits per heavy atom. The van der Waals surface area contributed by atoms with Gasteiger partial charge >= 0.3 is 5.97 Å². The quantitative estimate of drug-likeness (QED) is 0.312. The lowest BCUT2D eigenvalue weighted by Crippen LogP contribution is -2.42. The molecule has 0 radical (unpaired) electrons. The third-order valence-corrected chi connectivity index (χ3v) is 5.69. The van der Waals surface area contributed by atoms with Crippen LogP contribution in [0.4, 0.5) is 5.69 Å². The van der Waals surface area contributed by atoms with Gasteiger partial charge in [0.1, 0.15) is 24.1 Å². The van der Waals surface area contributed by atoms with Crippen molar-refractivity contribution < 1.29 is 24.2 Å². The van der Waals surface area contributed by atoms with Crippen LogP contribution < -0.4 is 20.5 Å². The molecule has 0 saturated carbocycles. The molecule has 7 heteroatoms. The van der Waals surface area contributed by atoms with Crippen LogP contribution in [0.2, 0.25) is 0 Å². The van der Waals surface area contributed by atoms with E-state index in [-0.39, 0.29) is 18.6 Å². The monoisotopic (exact) mass is 470 g/mol. The highest BCUT2D eigenvalue weighted by molar-refractivity contribution is 5.97. The van der Waals surface area contributed by atoms with E-state index in [9.17, 15) is 14.7 Å². The molecule has 7 nitrogen and oxygen atoms in total. The number of rotatable bonds is 9. The summed E-state index contributed by atoms with van der Waals surface area (Å²) in [6.45, 7) is 0.273. The number of carbonyl (C=O) groups excluding carboxylic acids is 1. The van der Waals surface area contributed by atoms with Gasteiger partial charge in [-0.3, -0.25) is 4.79 Å². The Kier molecular flexibility index (Phi) is 7.16. The molecule has 0 bridgehead atoms. The second-order valence-electron chi connectivity index (χ2n) is 8.14. The summed E-state index contributed by atoms with van der Waals surface area (Å²) >= 11 is 0. The van der Waals surface area contributed by atoms with E-state index < -0.39 is 17.9 Å². The minimum Gasteiger partial charge on any atom is -0.497 e. The van der Waals surface area contributed by atoms with Gasteiger partial charge < -0.3 is 25.6 Å². The van der Waals surface area contributed by atoms with E-state index >= 15 is 0 Å². The lowest BCUT2D eigenvalue weighted by molar-refractivity contribution is -0.139. The van der Waals surface area contributed by atoms with Gasteiger partial charge in [0.2, 0.25) is 0 Å². The maximum absolute atomic E-state index is 12.8. The zero-order valence-corrected chi connectivity index (χ0v) is 19.2. The van der Waals surface area contributed by atoms with Gasteiger partial charge in [0.25, 0.3) is 5.91 Å². The van der Waals surface area contributed by atoms with E-state index in [1.54, 1.807) is 43.5 Å². The van der Waals surface area contributed by atoms with Crippen LogP contribution in [-0.4, -0.2) is 30.1 Å². The molecule has 0 heterocycles. The number of benzene rings is 4. The summed E-state index contributed by atoms with van der Waals surface area (Å²) in [4.78, 5) is 24.6. The van der Waals surface area contributed by atoms with Crippen molar-refractivity contribution in [3.05, 3.63) is 102 Å². The maximum atomic E-state index is 12.8. The number of methoxy groups -OCH3 is 1. The van der Waals surface area contributed by atoms with Crippen LogP contribution >= 0.6 is 0 Å². The molecule has 4 N–H and O–H groups in total. The Morgan fingerprint density at radius 2 is 1.63 bits per heavy atom. The molecule has 0 spiro atoms. The van der Waals surface area contributed by atoms with Gasteiger partial charge in [-0.25, -0.2) is 4.79 Å². The van der Waals surface area contributed by atoms with Gasteiger partial charge in [0.05, 0.1) is 12.8 Å². The van der Waals surface area contributed by atoms with E-state index in [0.717, 1.165) is 21.9 Å². The number of fused-ring (bicyclic) bond motifs is 1. The van der Waals surface area contributed by atoms with Crippen molar-refractivity contribution in [3.8, 4) is 11.5 Å². The van der Waals surface area contributed by atoms with Gasteiger partial charge in [-0.05, 0) is 58.3 Å². The fourth-order valence-corrected chi connectivity index (χ4v) is 3.73. The first-order chi connectivity index (χ1) is 16.9. The third kappa shape index (κ3) is 5.89. The lowest BCUT2D eigenvalue weighted by atomic mass is 10.0. The molecule has 0 aliphatic rings. The van der Waals surface area contributed by atoms with E-state index in [0.29, 0.717) is 17.2 Å². The smallest absolute Gasteiger partial charge is 0.326 e. The van der Waals surface area contributed by atoms with E-state index in [4.69, 9.17) is 15.2 Å². The summed E-state index contributed by atoms with van der Waals surface area (Å²) in [6, 6.07) is 24.6. The number of aliphatic carboxylic acids is 1. The van der Waals surface area contributed by atoms with Crippen LogP contribution in [0.25, 0.3) is 10.8 Å². The second-order valence-corrected chi connectivity index (χ2v) is 8.14. The number of nitrogens with two attached hydrogens (primary N) is 1. The number of nitrogens with one attached hydrogen (secondary N) is 1. The molecule has 0 aromatic heterocycles. The van der Waals surface area contributed by atoms with Crippen molar-refractivity contribution in [3.63, 3.8) is 0 Å². The SMILES string of the molecule is COc1ccc(C[C@H](NC(=O)c2ccc(N)c(OCc3ccc4ccccc4c3)c2)C(=O)O)cc1. The molecule has 4 aromatic carbocycles. The van der Waals surface area contributed by atoms with Crippen molar-refractivity contribution in [2.75, 3.05) is 12.8 Å². The summed E-state index contributed by atoms with van der Waals surface area (Å²) in [6.07, 6.45) is 0.130. The zero-order chi connectivity index (χ0) is 24.8. The molecule has 178 valence electrons. The normalized spacial score (nSPS) is 11.6. The second kappa shape index (κ2) is 10.6. The summed E-state index contributed by atoms with van der Waals surface area (Å²) < 4.78 is 11.0. The molecule has 4 rings (SSSR count). The predicted octanol–water partition coefficient (Wildman–Crippen LogP) is 4.44. The lowest BCUT2D eigenvalue weighted by Gasteiger charge is -2.16. The standard InChI is InChI=1S/C28H26N2O5/c1-34-23-11-7-18(8-12-23)15-25(28(32)33)30-27(31)22-10-13-24(29)26(16-22)35-17-19-6-9-20-4-2-3-5-21(20)14-19/h2-14,16,25H,15,17,29H2,1H3,(H,30,31)(H,32,33)/t25-/m0/s1. The molecule has 0 fully saturated rings. The van der Waals surface area contributed by atoms with Crippen LogP contribution in [0.15, 0.2) is 84.9 Å². The highest BCUT2D eigenvalue weighted by Crippen LogP contribution is 2.25. The van der Waals surface area contributed by atoms with Crippen molar-refractivity contribution in [2.45, 2.75) is 19.1 Å². The first kappa shape index (κ1) is 23.6. The Balaban J connectivity index is 1.44. The average Bonchev–Trinajstić information content (AvgIpc) is 2.88. The molecule has 4 aromatic rings. The van der Waals surface area contributed by atoms with Gasteiger partial charge in [-0.2, -0.15) is 0 Å². The van der Waals surface area contributed by atoms with Crippen molar-refractivity contribution in [1.29, 1.82) is 0 Å². The highest BCUT2D eigenvalue weighted by Gasteiger charge is 2.22. The molecule has 0 unspecified atom stereocenters. The Labute approximate surface area is 203 Å². The van der Waals surface area contributed by atoms with E-state index in [1.165, 1.54) is 6.07 Å². The molecular weight excluding hydrogens is 444 g/mol. The molecule has 1 amide bonds. The molecular formula is C28H26N2O5. The predicted molar refractivity (Wildman–Crippen MR) is 135 cm³/mol. The van der Waals surface area contributed by atoms with Crippen LogP contribution in [0.1, 0.15) is 21.5 Å². The number of carboxylic acids is 1. The number of carbonyl (C=O) groups is 2. The summed E-state index contributed by atoms with van der Waals surface area (Å²) in [5.74, 6) is -0.630. The fourth-order valence-electron chi connectivity index (χ4n) is 3.73. The number of anilines is 1. The first-order valence-corrected chi connectivity index (χ1v) is 11.1. The minimum absolute atomic E-state index is 0.130. The first-order valence-electron chi connectivity index (χ1n) is 11.1. The van der Waals surface area contributed by atoms with E-state index in [2.05, 4.69) is 5.32 Å². The Bertz CT molecular complexity index is 1350. The van der Waals surface area contributed by atoms with Crippen molar-refractivity contribution in [2.24, 2.45) is 0 Å². The van der Waals surface area contributed by atoms with Crippen LogP contribution in [0.5, 0.6) is 11.5 Å². The van der Waals surface area contributed by atoms with Crippen molar-refractivity contribution >= 4 is 28.3 Å². The van der Waals surface area contributed by atoms with Gasteiger partial charge in [-0.1, -0.05) is 48.5 Å². The topological polar surface area (TPSA) is 111 Å². The van der Waals surface area contributed by atoms with Crippen LogP contribution in [0.3, 0.4) is 0 Å². The molecule has 0 aliphatic carbocycles.